The molecule has 162 valence electrons. The molecule has 0 radical (unpaired) electrons. The van der Waals surface area contributed by atoms with Crippen LogP contribution in [0.3, 0.4) is 0 Å². The van der Waals surface area contributed by atoms with E-state index in [-0.39, 0.29) is 11.7 Å². The highest BCUT2D eigenvalue weighted by molar-refractivity contribution is 9.10. The smallest absolute Gasteiger partial charge is 0.411 e. The van der Waals surface area contributed by atoms with Crippen LogP contribution in [-0.2, 0) is 4.74 Å². The number of anilines is 1. The number of rotatable bonds is 7. The summed E-state index contributed by atoms with van der Waals surface area (Å²) in [5, 5.41) is 5.88. The Balaban J connectivity index is 1.15. The van der Waals surface area contributed by atoms with E-state index in [4.69, 9.17) is 4.74 Å². The Hall–Kier alpha value is -2.22. The van der Waals surface area contributed by atoms with E-state index in [2.05, 4.69) is 26.1 Å². The minimum atomic E-state index is -0.419. The van der Waals surface area contributed by atoms with Crippen molar-refractivity contribution in [1.29, 1.82) is 0 Å². The lowest BCUT2D eigenvalue weighted by Gasteiger charge is -2.31. The number of ether oxygens (including phenoxy) is 1. The van der Waals surface area contributed by atoms with Crippen LogP contribution >= 0.6 is 27.3 Å². The maximum absolute atomic E-state index is 12.7. The SMILES string of the molecule is O=C(Nc1cccc2sccc12)OCCCN1CCC(C(=O)c2ccc(Br)cc2)CC1. The third kappa shape index (κ3) is 5.73. The number of nitrogens with zero attached hydrogens (tertiary/aromatic N) is 1. The number of Topliss-reactive ketones (excluding diaryl/α,β-unsaturated/α-hetero) is 1. The lowest BCUT2D eigenvalue weighted by molar-refractivity contribution is 0.0830. The number of hydrogen-bond donors (Lipinski definition) is 1. The van der Waals surface area contributed by atoms with Crippen LogP contribution in [0.2, 0.25) is 0 Å². The van der Waals surface area contributed by atoms with E-state index in [0.717, 1.165) is 64.7 Å². The number of fused-ring (bicyclic) bond motifs is 1. The predicted octanol–water partition coefficient (Wildman–Crippen LogP) is 6.20. The molecular formula is C24H25BrN2O3S. The summed E-state index contributed by atoms with van der Waals surface area (Å²) in [5.74, 6) is 0.340. The fraction of sp³-hybridized carbons (Fsp3) is 0.333. The molecule has 0 bridgehead atoms. The molecule has 1 aromatic heterocycles. The van der Waals surface area contributed by atoms with Gasteiger partial charge >= 0.3 is 6.09 Å². The predicted molar refractivity (Wildman–Crippen MR) is 129 cm³/mol. The molecule has 0 spiro atoms. The van der Waals surface area contributed by atoms with Gasteiger partial charge < -0.3 is 9.64 Å². The summed E-state index contributed by atoms with van der Waals surface area (Å²) < 4.78 is 7.48. The Labute approximate surface area is 194 Å². The van der Waals surface area contributed by atoms with E-state index < -0.39 is 6.09 Å². The van der Waals surface area contributed by atoms with Gasteiger partial charge in [-0.2, -0.15) is 0 Å². The Morgan fingerprint density at radius 2 is 1.87 bits per heavy atom. The quantitative estimate of drug-likeness (QED) is 0.310. The molecular weight excluding hydrogens is 476 g/mol. The molecule has 0 saturated carbocycles. The van der Waals surface area contributed by atoms with Crippen molar-refractivity contribution in [1.82, 2.24) is 4.90 Å². The van der Waals surface area contributed by atoms with Crippen molar-refractivity contribution in [2.24, 2.45) is 5.92 Å². The van der Waals surface area contributed by atoms with Crippen LogP contribution in [-0.4, -0.2) is 43.0 Å². The summed E-state index contributed by atoms with van der Waals surface area (Å²) in [4.78, 5) is 27.1. The van der Waals surface area contributed by atoms with Gasteiger partial charge in [0.25, 0.3) is 0 Å². The molecule has 0 atom stereocenters. The van der Waals surface area contributed by atoms with E-state index in [1.54, 1.807) is 11.3 Å². The van der Waals surface area contributed by atoms with Gasteiger partial charge in [0, 0.05) is 32.6 Å². The first-order chi connectivity index (χ1) is 15.1. The fourth-order valence-corrected chi connectivity index (χ4v) is 5.05. The van der Waals surface area contributed by atoms with Gasteiger partial charge in [0.05, 0.1) is 12.3 Å². The molecule has 1 aliphatic rings. The number of carbonyl (C=O) groups excluding carboxylic acids is 2. The molecule has 4 rings (SSSR count). The highest BCUT2D eigenvalue weighted by atomic mass is 79.9. The van der Waals surface area contributed by atoms with E-state index in [1.165, 1.54) is 0 Å². The van der Waals surface area contributed by atoms with Crippen molar-refractivity contribution in [2.75, 3.05) is 31.6 Å². The zero-order chi connectivity index (χ0) is 21.6. The molecule has 0 aliphatic carbocycles. The number of halogens is 1. The summed E-state index contributed by atoms with van der Waals surface area (Å²) in [5.41, 5.74) is 1.57. The second kappa shape index (κ2) is 10.4. The second-order valence-electron chi connectivity index (χ2n) is 7.74. The van der Waals surface area contributed by atoms with Crippen molar-refractivity contribution >= 4 is 54.9 Å². The largest absolute Gasteiger partial charge is 0.449 e. The number of piperidine rings is 1. The minimum absolute atomic E-state index is 0.0965. The number of thiophene rings is 1. The average Bonchev–Trinajstić information content (AvgIpc) is 3.27. The molecule has 2 heterocycles. The summed E-state index contributed by atoms with van der Waals surface area (Å²) in [6.45, 7) is 3.05. The number of nitrogens with one attached hydrogen (secondary N) is 1. The molecule has 1 saturated heterocycles. The van der Waals surface area contributed by atoms with Gasteiger partial charge in [0.1, 0.15) is 0 Å². The maximum Gasteiger partial charge on any atom is 0.411 e. The number of carbonyl (C=O) groups is 2. The normalized spacial score (nSPS) is 15.1. The first kappa shape index (κ1) is 22.0. The van der Waals surface area contributed by atoms with E-state index in [9.17, 15) is 9.59 Å². The molecule has 31 heavy (non-hydrogen) atoms. The zero-order valence-corrected chi connectivity index (χ0v) is 19.6. The van der Waals surface area contributed by atoms with Crippen LogP contribution in [0.15, 0.2) is 58.4 Å². The third-order valence-electron chi connectivity index (χ3n) is 5.67. The van der Waals surface area contributed by atoms with Crippen molar-refractivity contribution in [3.8, 4) is 0 Å². The number of likely N-dealkylation sites (tertiary alicyclic amines) is 1. The van der Waals surface area contributed by atoms with Gasteiger partial charge in [0.15, 0.2) is 5.78 Å². The van der Waals surface area contributed by atoms with Crippen LogP contribution in [0.1, 0.15) is 29.6 Å². The Morgan fingerprint density at radius 1 is 1.10 bits per heavy atom. The van der Waals surface area contributed by atoms with Gasteiger partial charge in [0.2, 0.25) is 0 Å². The van der Waals surface area contributed by atoms with Crippen molar-refractivity contribution < 1.29 is 14.3 Å². The Bertz CT molecular complexity index is 1040. The van der Waals surface area contributed by atoms with Crippen LogP contribution in [0, 0.1) is 5.92 Å². The molecule has 5 nitrogen and oxygen atoms in total. The number of benzene rings is 2. The number of ketones is 1. The van der Waals surface area contributed by atoms with E-state index >= 15 is 0 Å². The monoisotopic (exact) mass is 500 g/mol. The van der Waals surface area contributed by atoms with Crippen molar-refractivity contribution in [3.63, 3.8) is 0 Å². The molecule has 1 fully saturated rings. The third-order valence-corrected chi connectivity index (χ3v) is 7.08. The molecule has 1 N–H and O–H groups in total. The molecule has 1 aliphatic heterocycles. The van der Waals surface area contributed by atoms with Gasteiger partial charge in [-0.1, -0.05) is 34.1 Å². The lowest BCUT2D eigenvalue weighted by Crippen LogP contribution is -2.37. The molecule has 2 aromatic carbocycles. The first-order valence-corrected chi connectivity index (χ1v) is 12.2. The lowest BCUT2D eigenvalue weighted by atomic mass is 9.89. The van der Waals surface area contributed by atoms with E-state index in [1.807, 2.05) is 53.9 Å². The van der Waals surface area contributed by atoms with E-state index in [0.29, 0.717) is 6.61 Å². The molecule has 1 amide bonds. The molecule has 7 heteroatoms. The zero-order valence-electron chi connectivity index (χ0n) is 17.2. The number of hydrogen-bond acceptors (Lipinski definition) is 5. The highest BCUT2D eigenvalue weighted by Crippen LogP contribution is 2.28. The van der Waals surface area contributed by atoms with Gasteiger partial charge in [-0.25, -0.2) is 4.79 Å². The second-order valence-corrected chi connectivity index (χ2v) is 9.60. The van der Waals surface area contributed by atoms with Crippen LogP contribution in [0.25, 0.3) is 10.1 Å². The Kier molecular flexibility index (Phi) is 7.37. The van der Waals surface area contributed by atoms with Crippen LogP contribution < -0.4 is 5.32 Å². The summed E-state index contributed by atoms with van der Waals surface area (Å²) in [6, 6.07) is 15.5. The summed E-state index contributed by atoms with van der Waals surface area (Å²) in [7, 11) is 0. The molecule has 0 unspecified atom stereocenters. The van der Waals surface area contributed by atoms with Gasteiger partial charge in [-0.3, -0.25) is 10.1 Å². The summed E-state index contributed by atoms with van der Waals surface area (Å²) >= 11 is 5.05. The van der Waals surface area contributed by atoms with Gasteiger partial charge in [-0.15, -0.1) is 11.3 Å². The topological polar surface area (TPSA) is 58.6 Å². The first-order valence-electron chi connectivity index (χ1n) is 10.5. The Morgan fingerprint density at radius 3 is 2.65 bits per heavy atom. The standard InChI is InChI=1S/C24H25BrN2O3S/c25-19-7-5-17(6-8-19)23(28)18-9-13-27(14-10-18)12-2-15-30-24(29)26-21-3-1-4-22-20(21)11-16-31-22/h1,3-8,11,16,18H,2,9-10,12-15H2,(H,26,29). The number of amides is 1. The van der Waals surface area contributed by atoms with Crippen molar-refractivity contribution in [3.05, 3.63) is 63.9 Å². The van der Waals surface area contributed by atoms with Crippen LogP contribution in [0.5, 0.6) is 0 Å². The van der Waals surface area contributed by atoms with Crippen molar-refractivity contribution in [2.45, 2.75) is 19.3 Å². The molecule has 3 aromatic rings. The van der Waals surface area contributed by atoms with Crippen LogP contribution in [0.4, 0.5) is 10.5 Å². The minimum Gasteiger partial charge on any atom is -0.449 e. The summed E-state index contributed by atoms with van der Waals surface area (Å²) in [6.07, 6.45) is 2.11. The fourth-order valence-electron chi connectivity index (χ4n) is 3.97. The highest BCUT2D eigenvalue weighted by Gasteiger charge is 2.25. The average molecular weight is 501 g/mol. The maximum atomic E-state index is 12.7. The van der Waals surface area contributed by atoms with Gasteiger partial charge in [-0.05, 0) is 68.1 Å².